The molecule has 4 heterocycles. The number of carbonyl (C=O) groups is 1. The summed E-state index contributed by atoms with van der Waals surface area (Å²) in [5.74, 6) is 0. The predicted molar refractivity (Wildman–Crippen MR) is 128 cm³/mol. The summed E-state index contributed by atoms with van der Waals surface area (Å²) in [4.78, 5) is 29.3. The molecule has 0 aliphatic carbocycles. The number of pyridine rings is 1. The van der Waals surface area contributed by atoms with Crippen LogP contribution in [-0.2, 0) is 4.79 Å². The average Bonchev–Trinajstić information content (AvgIpc) is 3.30. The molecule has 5 rings (SSSR count). The molecule has 1 aromatic carbocycles. The zero-order chi connectivity index (χ0) is 22.8. The van der Waals surface area contributed by atoms with E-state index in [1.165, 1.54) is 0 Å². The van der Waals surface area contributed by atoms with Gasteiger partial charge in [-0.05, 0) is 18.2 Å². The summed E-state index contributed by atoms with van der Waals surface area (Å²) < 4.78 is 7.05. The van der Waals surface area contributed by atoms with Crippen LogP contribution in [0, 0.1) is 0 Å². The van der Waals surface area contributed by atoms with Crippen molar-refractivity contribution in [2.24, 2.45) is 0 Å². The minimum Gasteiger partial charge on any atom is -0.467 e. The number of carbonyl (C=O) groups excluding carboxylic acids is 1. The van der Waals surface area contributed by atoms with Gasteiger partial charge in [-0.1, -0.05) is 29.8 Å². The van der Waals surface area contributed by atoms with Gasteiger partial charge in [-0.3, -0.25) is 9.69 Å². The van der Waals surface area contributed by atoms with Crippen LogP contribution in [0.2, 0.25) is 5.15 Å². The molecule has 33 heavy (non-hydrogen) atoms. The summed E-state index contributed by atoms with van der Waals surface area (Å²) in [6.07, 6.45) is 7.73. The highest BCUT2D eigenvalue weighted by Gasteiger charge is 2.27. The molecule has 0 spiro atoms. The molecule has 1 atom stereocenters. The number of nitrogens with zero attached hydrogens (tertiary/aromatic N) is 6. The number of aromatic nitrogens is 4. The first-order chi connectivity index (χ1) is 16.2. The third kappa shape index (κ3) is 4.03. The van der Waals surface area contributed by atoms with Crippen LogP contribution in [0.5, 0.6) is 6.01 Å². The molecular weight excluding hydrogens is 440 g/mol. The molecule has 0 amide bonds. The first kappa shape index (κ1) is 21.4. The Kier molecular flexibility index (Phi) is 5.93. The molecule has 1 fully saturated rings. The number of ether oxygens (including phenoxy) is 1. The maximum atomic E-state index is 12.1. The van der Waals surface area contributed by atoms with Crippen LogP contribution in [0.4, 0.5) is 5.69 Å². The summed E-state index contributed by atoms with van der Waals surface area (Å²) in [6, 6.07) is 12.4. The number of methoxy groups -OCH3 is 1. The van der Waals surface area contributed by atoms with Gasteiger partial charge in [0.25, 0.3) is 0 Å². The number of benzene rings is 1. The van der Waals surface area contributed by atoms with E-state index >= 15 is 0 Å². The average molecular weight is 463 g/mol. The van der Waals surface area contributed by atoms with E-state index in [1.807, 2.05) is 35.0 Å². The van der Waals surface area contributed by atoms with Crippen molar-refractivity contribution in [3.05, 3.63) is 66.3 Å². The predicted octanol–water partition coefficient (Wildman–Crippen LogP) is 3.68. The second kappa shape index (κ2) is 9.17. The summed E-state index contributed by atoms with van der Waals surface area (Å²) >= 11 is 6.22. The second-order valence-electron chi connectivity index (χ2n) is 7.81. The lowest BCUT2D eigenvalue weighted by Crippen LogP contribution is -2.49. The van der Waals surface area contributed by atoms with Gasteiger partial charge in [0.1, 0.15) is 11.3 Å². The number of hydrogen-bond donors (Lipinski definition) is 0. The Morgan fingerprint density at radius 3 is 2.52 bits per heavy atom. The van der Waals surface area contributed by atoms with Crippen LogP contribution < -0.4 is 9.64 Å². The summed E-state index contributed by atoms with van der Waals surface area (Å²) in [6.45, 7) is 3.07. The number of halogens is 1. The first-order valence-corrected chi connectivity index (χ1v) is 11.1. The quantitative estimate of drug-likeness (QED) is 0.319. The van der Waals surface area contributed by atoms with Gasteiger partial charge < -0.3 is 14.2 Å². The first-order valence-electron chi connectivity index (χ1n) is 10.7. The monoisotopic (exact) mass is 462 g/mol. The second-order valence-corrected chi connectivity index (χ2v) is 8.16. The number of para-hydroxylation sites is 1. The van der Waals surface area contributed by atoms with Gasteiger partial charge in [0.2, 0.25) is 0 Å². The topological polar surface area (TPSA) is 76.4 Å². The van der Waals surface area contributed by atoms with Crippen LogP contribution in [-0.4, -0.2) is 64.0 Å². The molecule has 9 heteroatoms. The maximum absolute atomic E-state index is 12.1. The SMILES string of the molecule is COc1ncc(-c2ccccc2N2CCN(C(C=O)n3ccc4c(Cl)nccc43)CC2)cn1. The molecule has 1 saturated heterocycles. The fourth-order valence-electron chi connectivity index (χ4n) is 4.39. The maximum Gasteiger partial charge on any atom is 0.316 e. The Labute approximate surface area is 196 Å². The number of hydrogen-bond acceptors (Lipinski definition) is 7. The van der Waals surface area contributed by atoms with Crippen molar-refractivity contribution in [3.63, 3.8) is 0 Å². The minimum atomic E-state index is -0.395. The Morgan fingerprint density at radius 2 is 1.79 bits per heavy atom. The fraction of sp³-hybridized carbons (Fsp3) is 0.250. The van der Waals surface area contributed by atoms with Gasteiger partial charge >= 0.3 is 6.01 Å². The van der Waals surface area contributed by atoms with Gasteiger partial charge in [-0.25, -0.2) is 15.0 Å². The van der Waals surface area contributed by atoms with Gasteiger partial charge in [0.15, 0.2) is 6.29 Å². The zero-order valence-electron chi connectivity index (χ0n) is 18.1. The number of piperazine rings is 1. The van der Waals surface area contributed by atoms with Crippen molar-refractivity contribution in [2.45, 2.75) is 6.17 Å². The Bertz CT molecular complexity index is 1270. The molecule has 0 N–H and O–H groups in total. The Hall–Kier alpha value is -3.49. The van der Waals surface area contributed by atoms with Crippen molar-refractivity contribution in [1.29, 1.82) is 0 Å². The van der Waals surface area contributed by atoms with Crippen LogP contribution in [0.25, 0.3) is 22.0 Å². The molecular formula is C24H23ClN6O2. The summed E-state index contributed by atoms with van der Waals surface area (Å²) in [7, 11) is 1.55. The number of fused-ring (bicyclic) bond motifs is 1. The highest BCUT2D eigenvalue weighted by atomic mass is 35.5. The lowest BCUT2D eigenvalue weighted by molar-refractivity contribution is -0.115. The van der Waals surface area contributed by atoms with E-state index in [0.717, 1.165) is 60.2 Å². The standard InChI is InChI=1S/C24H23ClN6O2/c1-33-24-27-14-17(15-28-24)18-4-2-3-5-20(18)29-10-12-30(13-11-29)22(16-32)31-9-7-19-21(31)6-8-26-23(19)25/h2-9,14-16,22H,10-13H2,1H3. The third-order valence-electron chi connectivity index (χ3n) is 6.06. The normalized spacial score (nSPS) is 15.5. The largest absolute Gasteiger partial charge is 0.467 e. The molecule has 1 unspecified atom stereocenters. The van der Waals surface area contributed by atoms with E-state index < -0.39 is 6.17 Å². The van der Waals surface area contributed by atoms with Crippen molar-refractivity contribution >= 4 is 34.5 Å². The zero-order valence-corrected chi connectivity index (χ0v) is 18.9. The van der Waals surface area contributed by atoms with Crippen LogP contribution in [0.3, 0.4) is 0 Å². The molecule has 3 aromatic heterocycles. The lowest BCUT2D eigenvalue weighted by Gasteiger charge is -2.39. The smallest absolute Gasteiger partial charge is 0.316 e. The van der Waals surface area contributed by atoms with E-state index in [-0.39, 0.29) is 0 Å². The van der Waals surface area contributed by atoms with Crippen LogP contribution >= 0.6 is 11.6 Å². The Morgan fingerprint density at radius 1 is 1.03 bits per heavy atom. The molecule has 8 nitrogen and oxygen atoms in total. The van der Waals surface area contributed by atoms with E-state index in [1.54, 1.807) is 25.7 Å². The van der Waals surface area contributed by atoms with E-state index in [2.05, 4.69) is 36.9 Å². The minimum absolute atomic E-state index is 0.347. The van der Waals surface area contributed by atoms with Crippen molar-refractivity contribution < 1.29 is 9.53 Å². The van der Waals surface area contributed by atoms with Gasteiger partial charge in [0.05, 0.1) is 12.6 Å². The number of anilines is 1. The lowest BCUT2D eigenvalue weighted by atomic mass is 10.1. The molecule has 1 aliphatic rings. The van der Waals surface area contributed by atoms with E-state index in [9.17, 15) is 4.79 Å². The van der Waals surface area contributed by atoms with Crippen LogP contribution in [0.15, 0.2) is 61.2 Å². The summed E-state index contributed by atoms with van der Waals surface area (Å²) in [5, 5.41) is 1.29. The van der Waals surface area contributed by atoms with Gasteiger partial charge in [0, 0.05) is 73.2 Å². The molecule has 0 saturated carbocycles. The van der Waals surface area contributed by atoms with Crippen LogP contribution in [0.1, 0.15) is 6.17 Å². The molecule has 0 radical (unpaired) electrons. The fourth-order valence-corrected chi connectivity index (χ4v) is 4.61. The third-order valence-corrected chi connectivity index (χ3v) is 6.36. The molecule has 168 valence electrons. The van der Waals surface area contributed by atoms with Gasteiger partial charge in [-0.15, -0.1) is 0 Å². The highest BCUT2D eigenvalue weighted by molar-refractivity contribution is 6.34. The van der Waals surface area contributed by atoms with E-state index in [0.29, 0.717) is 11.2 Å². The van der Waals surface area contributed by atoms with Crippen molar-refractivity contribution in [1.82, 2.24) is 24.4 Å². The van der Waals surface area contributed by atoms with Gasteiger partial charge in [-0.2, -0.15) is 0 Å². The highest BCUT2D eigenvalue weighted by Crippen LogP contribution is 2.32. The number of rotatable bonds is 6. The Balaban J connectivity index is 1.36. The van der Waals surface area contributed by atoms with Crippen molar-refractivity contribution in [3.8, 4) is 17.1 Å². The molecule has 1 aliphatic heterocycles. The molecule has 4 aromatic rings. The number of aldehydes is 1. The van der Waals surface area contributed by atoms with Crippen molar-refractivity contribution in [2.75, 3.05) is 38.2 Å². The summed E-state index contributed by atoms with van der Waals surface area (Å²) in [5.41, 5.74) is 4.03. The molecule has 0 bridgehead atoms. The van der Waals surface area contributed by atoms with E-state index in [4.69, 9.17) is 16.3 Å².